The highest BCUT2D eigenvalue weighted by Gasteiger charge is 2.24. The van der Waals surface area contributed by atoms with Crippen molar-refractivity contribution in [2.45, 2.75) is 25.8 Å². The molecule has 1 aliphatic rings. The molecule has 2 aromatic carbocycles. The van der Waals surface area contributed by atoms with E-state index in [1.807, 2.05) is 7.05 Å². The van der Waals surface area contributed by atoms with E-state index in [4.69, 9.17) is 39.5 Å². The molecular weight excluding hydrogens is 611 g/mol. The second-order valence-electron chi connectivity index (χ2n) is 7.45. The average Bonchev–Trinajstić information content (AvgIpc) is 3.29. The molecule has 0 amide bonds. The van der Waals surface area contributed by atoms with Gasteiger partial charge in [-0.1, -0.05) is 46.6 Å². The van der Waals surface area contributed by atoms with Crippen molar-refractivity contribution >= 4 is 89.5 Å². The van der Waals surface area contributed by atoms with E-state index in [-0.39, 0.29) is 10.3 Å². The molecule has 0 spiro atoms. The molecule has 1 saturated heterocycles. The van der Waals surface area contributed by atoms with E-state index in [1.165, 1.54) is 11.8 Å². The highest BCUT2D eigenvalue weighted by molar-refractivity contribution is 9.10. The first-order valence-electron chi connectivity index (χ1n) is 9.70. The zero-order valence-corrected chi connectivity index (χ0v) is 23.5. The lowest BCUT2D eigenvalue weighted by atomic mass is 10.3. The number of benzene rings is 2. The number of halogens is 4. The van der Waals surface area contributed by atoms with Crippen molar-refractivity contribution < 1.29 is 13.2 Å². The lowest BCUT2D eigenvalue weighted by molar-refractivity contribution is 0.208. The Balaban J connectivity index is 1.52. The summed E-state index contributed by atoms with van der Waals surface area (Å²) in [6.07, 6.45) is 0.914. The van der Waals surface area contributed by atoms with Gasteiger partial charge >= 0.3 is 0 Å². The van der Waals surface area contributed by atoms with Gasteiger partial charge in [-0.15, -0.1) is 11.3 Å². The van der Waals surface area contributed by atoms with Crippen LogP contribution in [0.3, 0.4) is 0 Å². The number of hydrogen-bond donors (Lipinski definition) is 1. The summed E-state index contributed by atoms with van der Waals surface area (Å²) in [5.41, 5.74) is 0.376. The van der Waals surface area contributed by atoms with Gasteiger partial charge in [0.05, 0.1) is 14.9 Å². The van der Waals surface area contributed by atoms with Gasteiger partial charge in [-0.05, 0) is 65.8 Å². The quantitative estimate of drug-likeness (QED) is 0.294. The van der Waals surface area contributed by atoms with Crippen LogP contribution in [0.2, 0.25) is 15.1 Å². The lowest BCUT2D eigenvalue weighted by Crippen LogP contribution is -2.21. The maximum Gasteiger partial charge on any atom is 0.271 e. The molecule has 0 saturated carbocycles. The normalized spacial score (nSPS) is 16.8. The number of nitrogens with one attached hydrogen (secondary N) is 1. The Hall–Kier alpha value is -0.650. The van der Waals surface area contributed by atoms with E-state index in [0.717, 1.165) is 40.0 Å². The zero-order valence-electron chi connectivity index (χ0n) is 17.1. The summed E-state index contributed by atoms with van der Waals surface area (Å²) in [6, 6.07) is 11.6. The summed E-state index contributed by atoms with van der Waals surface area (Å²) in [5, 5.41) is 1.46. The van der Waals surface area contributed by atoms with Crippen molar-refractivity contribution in [3.63, 3.8) is 0 Å². The van der Waals surface area contributed by atoms with E-state index < -0.39 is 10.0 Å². The van der Waals surface area contributed by atoms with Crippen LogP contribution >= 0.6 is 73.8 Å². The number of rotatable bonds is 7. The fraction of sp³-hybridized carbons (Fsp3) is 0.238. The Morgan fingerprint density at radius 2 is 1.88 bits per heavy atom. The van der Waals surface area contributed by atoms with E-state index in [9.17, 15) is 8.42 Å². The molecule has 1 N–H and O–H groups in total. The van der Waals surface area contributed by atoms with Gasteiger partial charge in [0.15, 0.2) is 0 Å². The van der Waals surface area contributed by atoms with Crippen LogP contribution in [0, 0.1) is 0 Å². The van der Waals surface area contributed by atoms with E-state index in [2.05, 4.69) is 25.6 Å². The molecule has 176 valence electrons. The molecule has 5 nitrogen and oxygen atoms in total. The first-order valence-corrected chi connectivity index (χ1v) is 14.7. The fourth-order valence-electron chi connectivity index (χ4n) is 3.26. The van der Waals surface area contributed by atoms with Crippen LogP contribution in [0.15, 0.2) is 60.3 Å². The number of nitrogens with zero attached hydrogens (tertiary/aromatic N) is 1. The van der Waals surface area contributed by atoms with Gasteiger partial charge < -0.3 is 9.64 Å². The number of hydrogen-bond acceptors (Lipinski definition) is 6. The third-order valence-corrected chi connectivity index (χ3v) is 10.8. The summed E-state index contributed by atoms with van der Waals surface area (Å²) in [4.78, 5) is 2.98. The SMILES string of the molecule is CN1CCC(Oc2cc(NS(=O)(=O)c3cc(Br)c(Sc4cc(Cl)cc(Cl)c4)s3)ccc2Cl)C1. The standard InChI is InChI=1S/C21H18BrCl3N2O3S3/c1-27-5-4-15(11-27)30-19-9-14(2-3-18(19)25)26-33(28,29)20-10-17(22)21(32-20)31-16-7-12(23)6-13(24)8-16/h2-3,6-10,15,26H,4-5,11H2,1H3. The van der Waals surface area contributed by atoms with Gasteiger partial charge in [-0.25, -0.2) is 8.42 Å². The largest absolute Gasteiger partial charge is 0.487 e. The minimum Gasteiger partial charge on any atom is -0.487 e. The molecule has 1 aliphatic heterocycles. The number of thiophene rings is 1. The lowest BCUT2D eigenvalue weighted by Gasteiger charge is -2.16. The van der Waals surface area contributed by atoms with Crippen LogP contribution in [0.5, 0.6) is 5.75 Å². The maximum absolute atomic E-state index is 13.1. The molecule has 0 aliphatic carbocycles. The fourth-order valence-corrected chi connectivity index (χ4v) is 8.86. The molecule has 12 heteroatoms. The van der Waals surface area contributed by atoms with Gasteiger partial charge in [0, 0.05) is 38.6 Å². The van der Waals surface area contributed by atoms with Crippen molar-refractivity contribution in [3.05, 3.63) is 62.0 Å². The van der Waals surface area contributed by atoms with Gasteiger partial charge in [-0.2, -0.15) is 0 Å². The second kappa shape index (κ2) is 10.5. The van der Waals surface area contributed by atoms with Crippen molar-refractivity contribution in [2.24, 2.45) is 0 Å². The molecule has 2 heterocycles. The number of sulfonamides is 1. The smallest absolute Gasteiger partial charge is 0.271 e. The first kappa shape index (κ1) is 25.4. The molecule has 0 bridgehead atoms. The van der Waals surface area contributed by atoms with E-state index in [0.29, 0.717) is 31.0 Å². The Morgan fingerprint density at radius 1 is 1.15 bits per heavy atom. The van der Waals surface area contributed by atoms with Crippen LogP contribution < -0.4 is 9.46 Å². The summed E-state index contributed by atoms with van der Waals surface area (Å²) in [5.74, 6) is 0.457. The van der Waals surface area contributed by atoms with Crippen molar-refractivity contribution in [1.82, 2.24) is 4.90 Å². The zero-order chi connectivity index (χ0) is 23.8. The molecule has 3 aromatic rings. The molecule has 0 radical (unpaired) electrons. The Morgan fingerprint density at radius 3 is 2.55 bits per heavy atom. The summed E-state index contributed by atoms with van der Waals surface area (Å²) < 4.78 is 36.3. The number of anilines is 1. The van der Waals surface area contributed by atoms with Crippen LogP contribution in [0.25, 0.3) is 0 Å². The molecule has 1 unspecified atom stereocenters. The summed E-state index contributed by atoms with van der Waals surface area (Å²) in [6.45, 7) is 1.75. The Labute approximate surface area is 224 Å². The monoisotopic (exact) mass is 626 g/mol. The Kier molecular flexibility index (Phi) is 8.12. The van der Waals surface area contributed by atoms with Gasteiger partial charge in [0.25, 0.3) is 10.0 Å². The molecular formula is C21H18BrCl3N2O3S3. The van der Waals surface area contributed by atoms with E-state index in [1.54, 1.807) is 42.5 Å². The van der Waals surface area contributed by atoms with Crippen LogP contribution in [0.1, 0.15) is 6.42 Å². The molecule has 1 atom stereocenters. The van der Waals surface area contributed by atoms with Crippen LogP contribution in [0.4, 0.5) is 5.69 Å². The van der Waals surface area contributed by atoms with Crippen LogP contribution in [-0.2, 0) is 10.0 Å². The average molecular weight is 629 g/mol. The predicted molar refractivity (Wildman–Crippen MR) is 141 cm³/mol. The second-order valence-corrected chi connectivity index (χ2v) is 13.9. The Bertz CT molecular complexity index is 1270. The minimum atomic E-state index is -3.82. The van der Waals surface area contributed by atoms with Crippen molar-refractivity contribution in [2.75, 3.05) is 24.9 Å². The highest BCUT2D eigenvalue weighted by Crippen LogP contribution is 2.43. The number of likely N-dealkylation sites (N-methyl/N-ethyl adjacent to an activating group) is 1. The van der Waals surface area contributed by atoms with E-state index >= 15 is 0 Å². The molecule has 4 rings (SSSR count). The number of likely N-dealkylation sites (tertiary alicyclic amines) is 1. The first-order chi connectivity index (χ1) is 15.6. The van der Waals surface area contributed by atoms with Crippen molar-refractivity contribution in [1.29, 1.82) is 0 Å². The summed E-state index contributed by atoms with van der Waals surface area (Å²) in [7, 11) is -1.79. The van der Waals surface area contributed by atoms with Crippen LogP contribution in [-0.4, -0.2) is 39.6 Å². The molecule has 33 heavy (non-hydrogen) atoms. The maximum atomic E-state index is 13.1. The highest BCUT2D eigenvalue weighted by atomic mass is 79.9. The topological polar surface area (TPSA) is 58.6 Å². The number of ether oxygens (including phenoxy) is 1. The third kappa shape index (κ3) is 6.52. The van der Waals surface area contributed by atoms with Gasteiger partial charge in [0.2, 0.25) is 0 Å². The predicted octanol–water partition coefficient (Wildman–Crippen LogP) is 7.51. The van der Waals surface area contributed by atoms with Crippen molar-refractivity contribution in [3.8, 4) is 5.75 Å². The molecule has 1 aromatic heterocycles. The summed E-state index contributed by atoms with van der Waals surface area (Å²) >= 11 is 24.4. The van der Waals surface area contributed by atoms with Gasteiger partial charge in [0.1, 0.15) is 16.1 Å². The van der Waals surface area contributed by atoms with Gasteiger partial charge in [-0.3, -0.25) is 4.72 Å². The third-order valence-electron chi connectivity index (χ3n) is 4.77. The molecule has 1 fully saturated rings. The minimum absolute atomic E-state index is 0.0205.